The summed E-state index contributed by atoms with van der Waals surface area (Å²) in [6.07, 6.45) is 12.7. The van der Waals surface area contributed by atoms with Gasteiger partial charge in [0.15, 0.2) is 0 Å². The minimum absolute atomic E-state index is 0.0671. The van der Waals surface area contributed by atoms with Gasteiger partial charge in [-0.3, -0.25) is 4.79 Å². The Balaban J connectivity index is 1.93. The average Bonchev–Trinajstić information content (AvgIpc) is 3.00. The van der Waals surface area contributed by atoms with Crippen LogP contribution in [0.3, 0.4) is 0 Å². The molecular formula is C31H48O4. The third-order valence-corrected chi connectivity index (χ3v) is 11.7. The fourth-order valence-electron chi connectivity index (χ4n) is 8.73. The molecule has 2 saturated carbocycles. The highest BCUT2D eigenvalue weighted by molar-refractivity contribution is 5.85. The number of carboxylic acid groups (broad SMARTS) is 2. The van der Waals surface area contributed by atoms with Crippen molar-refractivity contribution >= 4 is 11.9 Å². The first-order chi connectivity index (χ1) is 16.1. The van der Waals surface area contributed by atoms with Crippen LogP contribution < -0.4 is 0 Å². The Morgan fingerprint density at radius 2 is 1.80 bits per heavy atom. The topological polar surface area (TPSA) is 74.6 Å². The van der Waals surface area contributed by atoms with E-state index in [1.807, 2.05) is 6.08 Å². The number of hydrogen-bond donors (Lipinski definition) is 2. The third-order valence-electron chi connectivity index (χ3n) is 11.7. The Morgan fingerprint density at radius 1 is 1.14 bits per heavy atom. The van der Waals surface area contributed by atoms with E-state index in [1.54, 1.807) is 12.5 Å². The van der Waals surface area contributed by atoms with E-state index in [0.29, 0.717) is 29.7 Å². The first kappa shape index (κ1) is 27.7. The van der Waals surface area contributed by atoms with Crippen LogP contribution in [0.25, 0.3) is 0 Å². The second-order valence-corrected chi connectivity index (χ2v) is 13.0. The molecule has 2 N–H and O–H groups in total. The second kappa shape index (κ2) is 9.56. The van der Waals surface area contributed by atoms with Crippen LogP contribution in [0.15, 0.2) is 35.5 Å². The zero-order valence-electron chi connectivity index (χ0n) is 23.2. The number of hydrogen-bond acceptors (Lipinski definition) is 2. The fraction of sp³-hybridized carbons (Fsp3) is 0.742. The normalized spacial score (nSPS) is 39.9. The predicted octanol–water partition coefficient (Wildman–Crippen LogP) is 8.05. The van der Waals surface area contributed by atoms with Crippen molar-refractivity contribution in [2.24, 2.45) is 39.4 Å². The molecule has 0 bridgehead atoms. The molecular weight excluding hydrogens is 436 g/mol. The Kier molecular flexibility index (Phi) is 7.58. The molecule has 0 aromatic heterocycles. The predicted molar refractivity (Wildman–Crippen MR) is 142 cm³/mol. The first-order valence-electron chi connectivity index (χ1n) is 13.6. The number of aliphatic carboxylic acids is 2. The van der Waals surface area contributed by atoms with Crippen molar-refractivity contribution in [2.75, 3.05) is 0 Å². The van der Waals surface area contributed by atoms with Gasteiger partial charge in [0.05, 0.1) is 0 Å². The van der Waals surface area contributed by atoms with Crippen LogP contribution in [0.1, 0.15) is 106 Å². The quantitative estimate of drug-likeness (QED) is 0.256. The minimum atomic E-state index is -0.828. The third kappa shape index (κ3) is 4.33. The summed E-state index contributed by atoms with van der Waals surface area (Å²) in [5.74, 6) is -0.293. The summed E-state index contributed by atoms with van der Waals surface area (Å²) in [4.78, 5) is 22.8. The summed E-state index contributed by atoms with van der Waals surface area (Å²) in [6, 6.07) is 0. The van der Waals surface area contributed by atoms with E-state index < -0.39 is 11.9 Å². The number of fused-ring (bicyclic) bond motifs is 3. The van der Waals surface area contributed by atoms with Crippen LogP contribution in [0.4, 0.5) is 0 Å². The van der Waals surface area contributed by atoms with Gasteiger partial charge in [0.25, 0.3) is 0 Å². The zero-order valence-corrected chi connectivity index (χ0v) is 23.2. The lowest BCUT2D eigenvalue weighted by molar-refractivity contribution is -0.138. The van der Waals surface area contributed by atoms with Crippen LogP contribution in [0, 0.1) is 39.4 Å². The van der Waals surface area contributed by atoms with Gasteiger partial charge >= 0.3 is 11.9 Å². The van der Waals surface area contributed by atoms with Gasteiger partial charge in [-0.25, -0.2) is 4.79 Å². The molecule has 35 heavy (non-hydrogen) atoms. The Bertz CT molecular complexity index is 944. The molecule has 0 amide bonds. The average molecular weight is 485 g/mol. The molecule has 0 aliphatic heterocycles. The Labute approximate surface area is 213 Å². The van der Waals surface area contributed by atoms with Gasteiger partial charge in [-0.15, -0.1) is 0 Å². The number of allylic oxidation sites excluding steroid dienone is 4. The number of rotatable bonds is 9. The van der Waals surface area contributed by atoms with Gasteiger partial charge in [0.2, 0.25) is 0 Å². The van der Waals surface area contributed by atoms with Gasteiger partial charge in [0, 0.05) is 12.0 Å². The van der Waals surface area contributed by atoms with E-state index in [0.717, 1.165) is 32.1 Å². The van der Waals surface area contributed by atoms with E-state index >= 15 is 0 Å². The summed E-state index contributed by atoms with van der Waals surface area (Å²) in [6.45, 7) is 20.3. The van der Waals surface area contributed by atoms with E-state index in [9.17, 15) is 19.8 Å². The van der Waals surface area contributed by atoms with Gasteiger partial charge in [0.1, 0.15) is 0 Å². The number of carboxylic acids is 2. The molecule has 0 aromatic carbocycles. The summed E-state index contributed by atoms with van der Waals surface area (Å²) in [5.41, 5.74) is 3.59. The van der Waals surface area contributed by atoms with E-state index in [4.69, 9.17) is 0 Å². The van der Waals surface area contributed by atoms with E-state index in [-0.39, 0.29) is 28.1 Å². The lowest BCUT2D eigenvalue weighted by Crippen LogP contribution is -2.54. The highest BCUT2D eigenvalue weighted by Crippen LogP contribution is 2.75. The van der Waals surface area contributed by atoms with E-state index in [1.165, 1.54) is 18.4 Å². The lowest BCUT2D eigenvalue weighted by atomic mass is 9.42. The molecule has 0 heterocycles. The summed E-state index contributed by atoms with van der Waals surface area (Å²) < 4.78 is 0. The molecule has 0 aromatic rings. The lowest BCUT2D eigenvalue weighted by Gasteiger charge is -2.62. The van der Waals surface area contributed by atoms with Crippen molar-refractivity contribution < 1.29 is 19.8 Å². The maximum atomic E-state index is 11.6. The fourth-order valence-corrected chi connectivity index (χ4v) is 8.73. The molecule has 0 saturated heterocycles. The Hall–Kier alpha value is -1.84. The second-order valence-electron chi connectivity index (χ2n) is 13.0. The van der Waals surface area contributed by atoms with Gasteiger partial charge in [-0.05, 0) is 105 Å². The van der Waals surface area contributed by atoms with Gasteiger partial charge in [-0.2, -0.15) is 0 Å². The maximum Gasteiger partial charge on any atom is 0.330 e. The summed E-state index contributed by atoms with van der Waals surface area (Å²) >= 11 is 0. The highest BCUT2D eigenvalue weighted by atomic mass is 16.4. The zero-order chi connectivity index (χ0) is 26.4. The van der Waals surface area contributed by atoms with Crippen molar-refractivity contribution in [2.45, 2.75) is 106 Å². The molecule has 196 valence electrons. The van der Waals surface area contributed by atoms with E-state index in [2.05, 4.69) is 54.2 Å². The molecule has 3 aliphatic carbocycles. The van der Waals surface area contributed by atoms with Crippen molar-refractivity contribution in [3.8, 4) is 0 Å². The largest absolute Gasteiger partial charge is 0.481 e. The molecule has 2 fully saturated rings. The van der Waals surface area contributed by atoms with Crippen molar-refractivity contribution in [3.63, 3.8) is 0 Å². The van der Waals surface area contributed by atoms with Gasteiger partial charge < -0.3 is 10.2 Å². The smallest absolute Gasteiger partial charge is 0.330 e. The molecule has 4 nitrogen and oxygen atoms in total. The summed E-state index contributed by atoms with van der Waals surface area (Å²) in [7, 11) is 0. The van der Waals surface area contributed by atoms with Crippen molar-refractivity contribution in [3.05, 3.63) is 35.5 Å². The Morgan fingerprint density at radius 3 is 2.37 bits per heavy atom. The number of carbonyl (C=O) groups is 2. The molecule has 4 heteroatoms. The molecule has 0 radical (unpaired) electrons. The van der Waals surface area contributed by atoms with Crippen molar-refractivity contribution in [1.82, 2.24) is 0 Å². The van der Waals surface area contributed by atoms with Crippen LogP contribution >= 0.6 is 0 Å². The molecule has 3 aliphatic rings. The maximum absolute atomic E-state index is 11.6. The van der Waals surface area contributed by atoms with Crippen LogP contribution in [-0.4, -0.2) is 22.2 Å². The van der Waals surface area contributed by atoms with Crippen LogP contribution in [0.5, 0.6) is 0 Å². The van der Waals surface area contributed by atoms with Crippen molar-refractivity contribution in [1.29, 1.82) is 0 Å². The molecule has 0 unspecified atom stereocenters. The van der Waals surface area contributed by atoms with Crippen LogP contribution in [-0.2, 0) is 9.59 Å². The highest BCUT2D eigenvalue weighted by Gasteiger charge is 2.67. The first-order valence-corrected chi connectivity index (χ1v) is 13.6. The summed E-state index contributed by atoms with van der Waals surface area (Å²) in [5, 5.41) is 18.7. The molecule has 0 spiro atoms. The molecule has 3 rings (SSSR count). The minimum Gasteiger partial charge on any atom is -0.481 e. The van der Waals surface area contributed by atoms with Crippen LogP contribution in [0.2, 0.25) is 0 Å². The molecule has 7 atom stereocenters. The monoisotopic (exact) mass is 484 g/mol. The standard InChI is InChI=1S/C31H48O4/c1-20(2)23-12-13-25-24(28(23,5)16-15-26(32)33)14-17-31(8)29(6,18-19-30(25,31)7)22(4)11-9-10-21(3)27(34)35/h10,13,22-24H,1,9,11-12,14-19H2,2-8H3,(H,32,33)(H,34,35)/t22-,23+,24-,28+,29-,30+,31-/m1/s1. The van der Waals surface area contributed by atoms with Gasteiger partial charge in [-0.1, -0.05) is 64.5 Å². The SMILES string of the molecule is C=C(C)[C@@H]1CC=C2[C@@H](CC[C@@]3(C)[C@@]2(C)CC[C@]3(C)[C@H](C)CCC=C(C)C(=O)O)[C@@]1(C)CCC(=O)O.